The molecule has 30 heavy (non-hydrogen) atoms. The lowest BCUT2D eigenvalue weighted by Crippen LogP contribution is -2.48. The van der Waals surface area contributed by atoms with Crippen LogP contribution >= 0.6 is 0 Å². The number of nitrogens with zero attached hydrogens (tertiary/aromatic N) is 1. The lowest BCUT2D eigenvalue weighted by atomic mass is 9.87. The van der Waals surface area contributed by atoms with Gasteiger partial charge >= 0.3 is 0 Å². The Morgan fingerprint density at radius 2 is 1.90 bits per heavy atom. The fourth-order valence-corrected chi connectivity index (χ4v) is 4.10. The van der Waals surface area contributed by atoms with E-state index in [1.807, 2.05) is 24.0 Å². The van der Waals surface area contributed by atoms with Gasteiger partial charge in [-0.3, -0.25) is 4.79 Å². The maximum atomic E-state index is 13.5. The smallest absolute Gasteiger partial charge is 0.252 e. The SMILES string of the molecule is CCN.COC1CC[C@H](C(=O)N2CCc3ccccc3[C@@H]2c2ccc(F)cc2)OC1. The minimum atomic E-state index is -0.440. The average Bonchev–Trinajstić information content (AvgIpc) is 2.79. The first-order valence-electron chi connectivity index (χ1n) is 10.6. The number of carbonyl (C=O) groups is 1. The molecule has 2 aliphatic heterocycles. The maximum Gasteiger partial charge on any atom is 0.252 e. The van der Waals surface area contributed by atoms with Crippen LogP contribution in [-0.4, -0.2) is 49.8 Å². The van der Waals surface area contributed by atoms with Gasteiger partial charge in [0.1, 0.15) is 11.9 Å². The number of fused-ring (bicyclic) bond motifs is 1. The van der Waals surface area contributed by atoms with Crippen LogP contribution in [0.2, 0.25) is 0 Å². The van der Waals surface area contributed by atoms with E-state index >= 15 is 0 Å². The molecule has 0 saturated carbocycles. The highest BCUT2D eigenvalue weighted by Gasteiger charge is 2.37. The largest absolute Gasteiger partial charge is 0.379 e. The van der Waals surface area contributed by atoms with Gasteiger partial charge in [-0.25, -0.2) is 4.39 Å². The Balaban J connectivity index is 0.000000806. The van der Waals surface area contributed by atoms with Crippen LogP contribution in [-0.2, 0) is 20.7 Å². The maximum absolute atomic E-state index is 13.5. The van der Waals surface area contributed by atoms with Crippen LogP contribution in [0.15, 0.2) is 48.5 Å². The third kappa shape index (κ3) is 5.06. The molecule has 1 fully saturated rings. The molecule has 2 heterocycles. The third-order valence-corrected chi connectivity index (χ3v) is 5.60. The standard InChI is InChI=1S/C22H24FNO3.C2H7N/c1-26-18-10-11-20(27-14-18)22(25)24-13-12-15-4-2-3-5-19(15)21(24)16-6-8-17(23)9-7-16;1-2-3/h2-9,18,20-21H,10-14H2,1H3;2-3H2,1H3/t18?,20-,21+;/m1./s1. The predicted molar refractivity (Wildman–Crippen MR) is 115 cm³/mol. The molecule has 2 aromatic rings. The molecule has 0 bridgehead atoms. The first kappa shape index (κ1) is 22.4. The summed E-state index contributed by atoms with van der Waals surface area (Å²) in [6, 6.07) is 14.4. The Morgan fingerprint density at radius 3 is 2.53 bits per heavy atom. The number of hydrogen-bond donors (Lipinski definition) is 1. The summed E-state index contributed by atoms with van der Waals surface area (Å²) in [6.45, 7) is 3.73. The summed E-state index contributed by atoms with van der Waals surface area (Å²) < 4.78 is 24.6. The van der Waals surface area contributed by atoms with Gasteiger partial charge in [0.2, 0.25) is 0 Å². The fourth-order valence-electron chi connectivity index (χ4n) is 4.10. The minimum Gasteiger partial charge on any atom is -0.379 e. The van der Waals surface area contributed by atoms with E-state index in [9.17, 15) is 9.18 Å². The molecule has 0 spiro atoms. The Hall–Kier alpha value is -2.28. The van der Waals surface area contributed by atoms with Crippen LogP contribution in [0.5, 0.6) is 0 Å². The molecule has 1 unspecified atom stereocenters. The van der Waals surface area contributed by atoms with Crippen molar-refractivity contribution in [2.24, 2.45) is 5.73 Å². The number of benzene rings is 2. The van der Waals surface area contributed by atoms with Crippen LogP contribution in [0.3, 0.4) is 0 Å². The molecule has 0 radical (unpaired) electrons. The molecule has 3 atom stereocenters. The van der Waals surface area contributed by atoms with E-state index in [-0.39, 0.29) is 23.9 Å². The van der Waals surface area contributed by atoms with Crippen molar-refractivity contribution in [2.45, 2.75) is 44.4 Å². The number of rotatable bonds is 3. The lowest BCUT2D eigenvalue weighted by molar-refractivity contribution is -0.154. The second-order valence-electron chi connectivity index (χ2n) is 7.60. The molecule has 0 aliphatic carbocycles. The highest BCUT2D eigenvalue weighted by atomic mass is 19.1. The number of halogens is 1. The molecule has 5 nitrogen and oxygen atoms in total. The van der Waals surface area contributed by atoms with Gasteiger partial charge in [0, 0.05) is 13.7 Å². The molecule has 1 saturated heterocycles. The van der Waals surface area contributed by atoms with Crippen molar-refractivity contribution >= 4 is 5.91 Å². The van der Waals surface area contributed by atoms with E-state index in [0.29, 0.717) is 19.6 Å². The van der Waals surface area contributed by atoms with E-state index in [1.165, 1.54) is 17.7 Å². The summed E-state index contributed by atoms with van der Waals surface area (Å²) in [5.41, 5.74) is 8.11. The van der Waals surface area contributed by atoms with Gasteiger partial charge in [-0.05, 0) is 54.6 Å². The van der Waals surface area contributed by atoms with Gasteiger partial charge in [0.15, 0.2) is 0 Å². The van der Waals surface area contributed by atoms with Crippen molar-refractivity contribution in [3.05, 3.63) is 71.0 Å². The van der Waals surface area contributed by atoms with Crippen molar-refractivity contribution in [2.75, 3.05) is 26.8 Å². The second-order valence-corrected chi connectivity index (χ2v) is 7.60. The van der Waals surface area contributed by atoms with Crippen molar-refractivity contribution in [1.82, 2.24) is 4.90 Å². The molecule has 0 aromatic heterocycles. The normalized spacial score (nSPS) is 23.2. The summed E-state index contributed by atoms with van der Waals surface area (Å²) in [5.74, 6) is -0.268. The highest BCUT2D eigenvalue weighted by Crippen LogP contribution is 2.36. The predicted octanol–water partition coefficient (Wildman–Crippen LogP) is 3.46. The third-order valence-electron chi connectivity index (χ3n) is 5.60. The zero-order valence-corrected chi connectivity index (χ0v) is 17.7. The van der Waals surface area contributed by atoms with E-state index < -0.39 is 6.10 Å². The number of carbonyl (C=O) groups excluding carboxylic acids is 1. The highest BCUT2D eigenvalue weighted by molar-refractivity contribution is 5.82. The molecule has 2 N–H and O–H groups in total. The summed E-state index contributed by atoms with van der Waals surface area (Å²) in [7, 11) is 1.67. The van der Waals surface area contributed by atoms with Crippen molar-refractivity contribution in [3.63, 3.8) is 0 Å². The molecule has 2 aromatic carbocycles. The van der Waals surface area contributed by atoms with Crippen LogP contribution in [0.4, 0.5) is 4.39 Å². The Morgan fingerprint density at radius 1 is 1.20 bits per heavy atom. The molecular weight excluding hydrogens is 383 g/mol. The minimum absolute atomic E-state index is 0.00776. The van der Waals surface area contributed by atoms with Gasteiger partial charge < -0.3 is 20.1 Å². The van der Waals surface area contributed by atoms with E-state index in [2.05, 4.69) is 12.1 Å². The second kappa shape index (κ2) is 10.7. The number of ether oxygens (including phenoxy) is 2. The summed E-state index contributed by atoms with van der Waals surface area (Å²) in [6.07, 6.45) is 1.91. The molecule has 1 amide bonds. The molecular formula is C24H31FN2O3. The average molecular weight is 415 g/mol. The number of methoxy groups -OCH3 is 1. The first-order valence-corrected chi connectivity index (χ1v) is 10.6. The fraction of sp³-hybridized carbons (Fsp3) is 0.458. The van der Waals surface area contributed by atoms with Crippen molar-refractivity contribution in [1.29, 1.82) is 0 Å². The molecule has 4 rings (SSSR count). The quantitative estimate of drug-likeness (QED) is 0.835. The monoisotopic (exact) mass is 414 g/mol. The van der Waals surface area contributed by atoms with Crippen molar-refractivity contribution in [3.8, 4) is 0 Å². The zero-order valence-electron chi connectivity index (χ0n) is 17.7. The molecule has 6 heteroatoms. The summed E-state index contributed by atoms with van der Waals surface area (Å²) >= 11 is 0. The van der Waals surface area contributed by atoms with Crippen LogP contribution in [0.1, 0.15) is 42.5 Å². The number of nitrogens with two attached hydrogens (primary N) is 1. The van der Waals surface area contributed by atoms with Crippen LogP contribution < -0.4 is 5.73 Å². The molecule has 162 valence electrons. The van der Waals surface area contributed by atoms with Gasteiger partial charge in [0.05, 0.1) is 18.8 Å². The van der Waals surface area contributed by atoms with Crippen LogP contribution in [0, 0.1) is 5.82 Å². The van der Waals surface area contributed by atoms with Gasteiger partial charge in [-0.15, -0.1) is 0 Å². The Bertz CT molecular complexity index is 819. The summed E-state index contributed by atoms with van der Waals surface area (Å²) in [5, 5.41) is 0. The summed E-state index contributed by atoms with van der Waals surface area (Å²) in [4.78, 5) is 15.2. The van der Waals surface area contributed by atoms with E-state index in [1.54, 1.807) is 19.2 Å². The van der Waals surface area contributed by atoms with Gasteiger partial charge in [0.25, 0.3) is 5.91 Å². The first-order chi connectivity index (χ1) is 14.6. The van der Waals surface area contributed by atoms with Gasteiger partial charge in [-0.1, -0.05) is 43.3 Å². The lowest BCUT2D eigenvalue weighted by Gasteiger charge is -2.40. The van der Waals surface area contributed by atoms with E-state index in [4.69, 9.17) is 15.2 Å². The van der Waals surface area contributed by atoms with Crippen LogP contribution in [0.25, 0.3) is 0 Å². The Labute approximate surface area is 178 Å². The number of amides is 1. The Kier molecular flexibility index (Phi) is 7.96. The topological polar surface area (TPSA) is 64.8 Å². The van der Waals surface area contributed by atoms with Gasteiger partial charge in [-0.2, -0.15) is 0 Å². The number of hydrogen-bond acceptors (Lipinski definition) is 4. The zero-order chi connectivity index (χ0) is 21.5. The van der Waals surface area contributed by atoms with Crippen molar-refractivity contribution < 1.29 is 18.7 Å². The van der Waals surface area contributed by atoms with E-state index in [0.717, 1.165) is 30.5 Å². The molecule has 2 aliphatic rings.